The molecule has 0 unspecified atom stereocenters. The molecule has 2 heterocycles. The van der Waals surface area contributed by atoms with Crippen molar-refractivity contribution in [3.63, 3.8) is 0 Å². The van der Waals surface area contributed by atoms with Crippen LogP contribution >= 0.6 is 0 Å². The minimum atomic E-state index is 0. The second kappa shape index (κ2) is 4.99. The van der Waals surface area contributed by atoms with Crippen molar-refractivity contribution in [2.24, 2.45) is 0 Å². The van der Waals surface area contributed by atoms with Crippen molar-refractivity contribution >= 4 is 0 Å². The first-order valence-electron chi connectivity index (χ1n) is 4.12. The Morgan fingerprint density at radius 2 is 2.00 bits per heavy atom. The summed E-state index contributed by atoms with van der Waals surface area (Å²) in [7, 11) is 0. The summed E-state index contributed by atoms with van der Waals surface area (Å²) in [6.45, 7) is 1.96. The fourth-order valence-electron chi connectivity index (χ4n) is 1.21. The molecule has 0 aliphatic rings. The molecule has 0 N–H and O–H groups in total. The Kier molecular flexibility index (Phi) is 3.93. The Hall–Kier alpha value is -1.05. The van der Waals surface area contributed by atoms with E-state index in [2.05, 4.69) is 16.0 Å². The predicted octanol–water partition coefficient (Wildman–Crippen LogP) is 2.25. The third-order valence-corrected chi connectivity index (χ3v) is 1.85. The average molecular weight is 361 g/mol. The van der Waals surface area contributed by atoms with Crippen LogP contribution in [0, 0.1) is 13.0 Å². The maximum absolute atomic E-state index is 4.24. The van der Waals surface area contributed by atoms with Gasteiger partial charge in [0, 0.05) is 26.3 Å². The van der Waals surface area contributed by atoms with Crippen LogP contribution in [0.15, 0.2) is 36.7 Å². The summed E-state index contributed by atoms with van der Waals surface area (Å²) < 4.78 is 0. The second-order valence-electron chi connectivity index (χ2n) is 2.76. The molecular weight excluding hydrogens is 352 g/mol. The van der Waals surface area contributed by atoms with E-state index in [1.807, 2.05) is 25.1 Å². The molecule has 2 aromatic rings. The molecule has 14 heavy (non-hydrogen) atoms. The number of hydrogen-bond donors (Lipinski definition) is 0. The summed E-state index contributed by atoms with van der Waals surface area (Å²) in [5.74, 6) is 0. The van der Waals surface area contributed by atoms with Gasteiger partial charge in [-0.15, -0.1) is 17.7 Å². The molecule has 3 heteroatoms. The zero-order valence-electron chi connectivity index (χ0n) is 7.69. The minimum Gasteiger partial charge on any atom is -0.357 e. The quantitative estimate of drug-likeness (QED) is 0.728. The maximum atomic E-state index is 4.24. The van der Waals surface area contributed by atoms with E-state index < -0.39 is 0 Å². The molecule has 0 aromatic carbocycles. The van der Waals surface area contributed by atoms with Crippen LogP contribution in [0.25, 0.3) is 11.3 Å². The molecule has 0 atom stereocenters. The van der Waals surface area contributed by atoms with Crippen molar-refractivity contribution < 1.29 is 20.1 Å². The molecule has 0 fully saturated rings. The summed E-state index contributed by atoms with van der Waals surface area (Å²) in [5.41, 5.74) is 2.86. The van der Waals surface area contributed by atoms with Crippen molar-refractivity contribution in [3.05, 3.63) is 48.4 Å². The minimum absolute atomic E-state index is 0. The normalized spacial score (nSPS) is 9.21. The van der Waals surface area contributed by atoms with Gasteiger partial charge in [-0.25, -0.2) is 0 Å². The topological polar surface area (TPSA) is 25.8 Å². The van der Waals surface area contributed by atoms with Crippen LogP contribution in [0.4, 0.5) is 0 Å². The number of aromatic nitrogens is 2. The van der Waals surface area contributed by atoms with Gasteiger partial charge in [-0.2, -0.15) is 0 Å². The summed E-state index contributed by atoms with van der Waals surface area (Å²) in [6.07, 6.45) is 3.51. The molecule has 2 nitrogen and oxygen atoms in total. The van der Waals surface area contributed by atoms with Gasteiger partial charge in [0.05, 0.1) is 0 Å². The average Bonchev–Trinajstić information content (AvgIpc) is 2.20. The molecule has 0 amide bonds. The molecule has 73 valence electrons. The Labute approximate surface area is 96.8 Å². The van der Waals surface area contributed by atoms with E-state index >= 15 is 0 Å². The molecule has 0 spiro atoms. The van der Waals surface area contributed by atoms with Crippen LogP contribution in [0.3, 0.4) is 0 Å². The summed E-state index contributed by atoms with van der Waals surface area (Å²) in [4.78, 5) is 8.42. The van der Waals surface area contributed by atoms with Crippen molar-refractivity contribution in [2.45, 2.75) is 6.92 Å². The molecule has 0 aliphatic carbocycles. The number of rotatable bonds is 1. The molecular formula is C11H9IrN2-. The molecule has 0 saturated carbocycles. The fraction of sp³-hybridized carbons (Fsp3) is 0.0909. The van der Waals surface area contributed by atoms with Crippen LogP contribution in [0.2, 0.25) is 0 Å². The number of pyridine rings is 2. The van der Waals surface area contributed by atoms with Crippen LogP contribution in [0.1, 0.15) is 5.69 Å². The van der Waals surface area contributed by atoms with Crippen LogP contribution in [0.5, 0.6) is 0 Å². The van der Waals surface area contributed by atoms with E-state index in [0.717, 1.165) is 17.0 Å². The van der Waals surface area contributed by atoms with Crippen molar-refractivity contribution in [2.75, 3.05) is 0 Å². The molecule has 0 aliphatic heterocycles. The van der Waals surface area contributed by atoms with E-state index in [1.54, 1.807) is 18.5 Å². The first kappa shape index (κ1) is 11.0. The van der Waals surface area contributed by atoms with Gasteiger partial charge < -0.3 is 9.97 Å². The van der Waals surface area contributed by atoms with Crippen LogP contribution in [-0.4, -0.2) is 9.97 Å². The summed E-state index contributed by atoms with van der Waals surface area (Å²) >= 11 is 0. The van der Waals surface area contributed by atoms with E-state index in [1.165, 1.54) is 0 Å². The Morgan fingerprint density at radius 1 is 1.14 bits per heavy atom. The van der Waals surface area contributed by atoms with Gasteiger partial charge in [-0.05, 0) is 17.5 Å². The van der Waals surface area contributed by atoms with Gasteiger partial charge in [0.25, 0.3) is 0 Å². The van der Waals surface area contributed by atoms with Crippen LogP contribution in [-0.2, 0) is 20.1 Å². The molecule has 2 aromatic heterocycles. The van der Waals surface area contributed by atoms with Crippen LogP contribution < -0.4 is 0 Å². The van der Waals surface area contributed by atoms with Gasteiger partial charge >= 0.3 is 0 Å². The van der Waals surface area contributed by atoms with Gasteiger partial charge in [-0.1, -0.05) is 25.3 Å². The monoisotopic (exact) mass is 362 g/mol. The van der Waals surface area contributed by atoms with Crippen molar-refractivity contribution in [1.82, 2.24) is 9.97 Å². The third kappa shape index (κ3) is 2.25. The SMILES string of the molecule is Cc1ncc[c-]c1-c1ccccn1.[Ir]. The molecule has 2 rings (SSSR count). The summed E-state index contributed by atoms with van der Waals surface area (Å²) in [5, 5.41) is 0. The van der Waals surface area contributed by atoms with E-state index in [-0.39, 0.29) is 20.1 Å². The molecule has 1 radical (unpaired) electrons. The van der Waals surface area contributed by atoms with Crippen molar-refractivity contribution in [3.8, 4) is 11.3 Å². The zero-order chi connectivity index (χ0) is 9.10. The standard InChI is InChI=1S/C11H9N2.Ir/c1-9-10(5-4-8-12-9)11-6-2-3-7-13-11;/h2-4,6-8H,1H3;/q-1;. The first-order valence-corrected chi connectivity index (χ1v) is 4.12. The Bertz CT molecular complexity index is 401. The Balaban J connectivity index is 0.000000980. The summed E-state index contributed by atoms with van der Waals surface area (Å²) in [6, 6.07) is 10.7. The second-order valence-corrected chi connectivity index (χ2v) is 2.76. The van der Waals surface area contributed by atoms with E-state index in [9.17, 15) is 0 Å². The fourth-order valence-corrected chi connectivity index (χ4v) is 1.21. The van der Waals surface area contributed by atoms with Gasteiger partial charge in [0.1, 0.15) is 0 Å². The van der Waals surface area contributed by atoms with E-state index in [4.69, 9.17) is 0 Å². The van der Waals surface area contributed by atoms with Gasteiger partial charge in [0.15, 0.2) is 0 Å². The smallest absolute Gasteiger partial charge is 0.0160 e. The zero-order valence-corrected chi connectivity index (χ0v) is 10.1. The Morgan fingerprint density at radius 3 is 2.64 bits per heavy atom. The largest absolute Gasteiger partial charge is 0.357 e. The number of aryl methyl sites for hydroxylation is 1. The van der Waals surface area contributed by atoms with E-state index in [0.29, 0.717) is 0 Å². The molecule has 0 saturated heterocycles. The maximum Gasteiger partial charge on any atom is 0.0160 e. The van der Waals surface area contributed by atoms with Gasteiger partial charge in [-0.3, -0.25) is 0 Å². The predicted molar refractivity (Wildman–Crippen MR) is 51.0 cm³/mol. The van der Waals surface area contributed by atoms with Crippen molar-refractivity contribution in [1.29, 1.82) is 0 Å². The number of hydrogen-bond acceptors (Lipinski definition) is 2. The third-order valence-electron chi connectivity index (χ3n) is 1.85. The number of nitrogens with zero attached hydrogens (tertiary/aromatic N) is 2. The first-order chi connectivity index (χ1) is 6.38. The molecule has 0 bridgehead atoms. The van der Waals surface area contributed by atoms with Gasteiger partial charge in [0.2, 0.25) is 0 Å².